The second-order valence-corrected chi connectivity index (χ2v) is 3.44. The molecule has 84 valence electrons. The Morgan fingerprint density at radius 2 is 2.40 bits per heavy atom. The first kappa shape index (κ1) is 11.4. The summed E-state index contributed by atoms with van der Waals surface area (Å²) in [5, 5.41) is 12.5. The Bertz CT molecular complexity index is 346. The summed E-state index contributed by atoms with van der Waals surface area (Å²) < 4.78 is 6.90. The van der Waals surface area contributed by atoms with Gasteiger partial charge >= 0.3 is 5.97 Å². The Labute approximate surface area is 87.6 Å². The predicted octanol–water partition coefficient (Wildman–Crippen LogP) is 0.900. The molecule has 0 saturated heterocycles. The Morgan fingerprint density at radius 1 is 1.73 bits per heavy atom. The molecule has 0 saturated carbocycles. The standard InChI is InChI=1S/C9H15N3O3/c1-6(2)12-9(7(10)5-11-12)15-4-3-8(13)14/h5-6H,3-4,10H2,1-2H3,(H,13,14). The number of carbonyl (C=O) groups is 1. The summed E-state index contributed by atoms with van der Waals surface area (Å²) in [4.78, 5) is 10.3. The van der Waals surface area contributed by atoms with Gasteiger partial charge in [-0.3, -0.25) is 4.79 Å². The van der Waals surface area contributed by atoms with Gasteiger partial charge in [-0.25, -0.2) is 4.68 Å². The minimum absolute atomic E-state index is 0.0529. The summed E-state index contributed by atoms with van der Waals surface area (Å²) in [7, 11) is 0. The van der Waals surface area contributed by atoms with E-state index in [0.29, 0.717) is 11.6 Å². The van der Waals surface area contributed by atoms with Crippen LogP contribution in [0.25, 0.3) is 0 Å². The molecule has 1 heterocycles. The smallest absolute Gasteiger partial charge is 0.306 e. The van der Waals surface area contributed by atoms with Gasteiger partial charge < -0.3 is 15.6 Å². The van der Waals surface area contributed by atoms with Gasteiger partial charge in [0, 0.05) is 0 Å². The zero-order valence-corrected chi connectivity index (χ0v) is 8.80. The van der Waals surface area contributed by atoms with Crippen LogP contribution in [0.3, 0.4) is 0 Å². The fourth-order valence-corrected chi connectivity index (χ4v) is 1.12. The van der Waals surface area contributed by atoms with Crippen molar-refractivity contribution >= 4 is 11.7 Å². The van der Waals surface area contributed by atoms with E-state index in [-0.39, 0.29) is 19.1 Å². The van der Waals surface area contributed by atoms with Gasteiger partial charge in [0.15, 0.2) is 0 Å². The third kappa shape index (κ3) is 2.87. The van der Waals surface area contributed by atoms with Crippen molar-refractivity contribution in [3.05, 3.63) is 6.20 Å². The maximum absolute atomic E-state index is 10.3. The lowest BCUT2D eigenvalue weighted by Crippen LogP contribution is -2.11. The number of nitrogens with zero attached hydrogens (tertiary/aromatic N) is 2. The predicted molar refractivity (Wildman–Crippen MR) is 54.8 cm³/mol. The second-order valence-electron chi connectivity index (χ2n) is 3.44. The third-order valence-electron chi connectivity index (χ3n) is 1.82. The van der Waals surface area contributed by atoms with Crippen LogP contribution in [0.1, 0.15) is 26.3 Å². The highest BCUT2D eigenvalue weighted by Crippen LogP contribution is 2.24. The molecular weight excluding hydrogens is 198 g/mol. The molecule has 0 fully saturated rings. The Kier molecular flexibility index (Phi) is 3.54. The minimum Gasteiger partial charge on any atom is -0.481 e. The highest BCUT2D eigenvalue weighted by molar-refractivity contribution is 5.66. The minimum atomic E-state index is -0.899. The van der Waals surface area contributed by atoms with E-state index in [9.17, 15) is 4.79 Å². The second kappa shape index (κ2) is 4.68. The average Bonchev–Trinajstić information content (AvgIpc) is 2.47. The number of aromatic nitrogens is 2. The van der Waals surface area contributed by atoms with Crippen molar-refractivity contribution in [2.75, 3.05) is 12.3 Å². The number of nitrogen functional groups attached to an aromatic ring is 1. The lowest BCUT2D eigenvalue weighted by atomic mass is 10.4. The molecular formula is C9H15N3O3. The number of carboxylic acids is 1. The van der Waals surface area contributed by atoms with E-state index < -0.39 is 5.97 Å². The molecule has 6 heteroatoms. The zero-order chi connectivity index (χ0) is 11.4. The molecule has 0 unspecified atom stereocenters. The van der Waals surface area contributed by atoms with Crippen LogP contribution in [-0.4, -0.2) is 27.5 Å². The topological polar surface area (TPSA) is 90.4 Å². The Morgan fingerprint density at radius 3 is 2.93 bits per heavy atom. The molecule has 0 atom stereocenters. The maximum atomic E-state index is 10.3. The van der Waals surface area contributed by atoms with E-state index in [4.69, 9.17) is 15.6 Å². The molecule has 1 rings (SSSR count). The first-order valence-corrected chi connectivity index (χ1v) is 4.70. The van der Waals surface area contributed by atoms with Gasteiger partial charge in [0.25, 0.3) is 0 Å². The fraction of sp³-hybridized carbons (Fsp3) is 0.556. The van der Waals surface area contributed by atoms with Crippen LogP contribution in [0.4, 0.5) is 5.69 Å². The van der Waals surface area contributed by atoms with Gasteiger partial charge in [-0.2, -0.15) is 5.10 Å². The van der Waals surface area contributed by atoms with E-state index in [1.54, 1.807) is 4.68 Å². The van der Waals surface area contributed by atoms with Crippen molar-refractivity contribution in [3.63, 3.8) is 0 Å². The van der Waals surface area contributed by atoms with E-state index in [0.717, 1.165) is 0 Å². The van der Waals surface area contributed by atoms with E-state index in [1.807, 2.05) is 13.8 Å². The van der Waals surface area contributed by atoms with Gasteiger partial charge in [0.1, 0.15) is 12.3 Å². The van der Waals surface area contributed by atoms with Gasteiger partial charge in [-0.15, -0.1) is 0 Å². The maximum Gasteiger partial charge on any atom is 0.306 e. The highest BCUT2D eigenvalue weighted by Gasteiger charge is 2.12. The normalized spacial score (nSPS) is 10.6. The van der Waals surface area contributed by atoms with Crippen molar-refractivity contribution in [2.45, 2.75) is 26.3 Å². The lowest BCUT2D eigenvalue weighted by molar-refractivity contribution is -0.137. The number of carboxylic acid groups (broad SMARTS) is 1. The number of nitrogens with two attached hydrogens (primary N) is 1. The largest absolute Gasteiger partial charge is 0.481 e. The number of hydrogen-bond donors (Lipinski definition) is 2. The number of hydrogen-bond acceptors (Lipinski definition) is 4. The number of ether oxygens (including phenoxy) is 1. The molecule has 0 aliphatic heterocycles. The van der Waals surface area contributed by atoms with Crippen molar-refractivity contribution in [1.82, 2.24) is 9.78 Å². The zero-order valence-electron chi connectivity index (χ0n) is 8.80. The van der Waals surface area contributed by atoms with Gasteiger partial charge in [-0.05, 0) is 13.8 Å². The summed E-state index contributed by atoms with van der Waals surface area (Å²) in [6.45, 7) is 3.98. The van der Waals surface area contributed by atoms with Crippen LogP contribution >= 0.6 is 0 Å². The first-order chi connectivity index (χ1) is 7.02. The van der Waals surface area contributed by atoms with Gasteiger partial charge in [0.05, 0.1) is 18.7 Å². The molecule has 15 heavy (non-hydrogen) atoms. The van der Waals surface area contributed by atoms with Crippen LogP contribution in [0.5, 0.6) is 5.88 Å². The van der Waals surface area contributed by atoms with Gasteiger partial charge in [0.2, 0.25) is 5.88 Å². The molecule has 0 aliphatic carbocycles. The molecule has 0 radical (unpaired) electrons. The van der Waals surface area contributed by atoms with Crippen molar-refractivity contribution in [1.29, 1.82) is 0 Å². The van der Waals surface area contributed by atoms with Crippen molar-refractivity contribution in [2.24, 2.45) is 0 Å². The number of rotatable bonds is 5. The molecule has 0 spiro atoms. The molecule has 0 aliphatic rings. The SMILES string of the molecule is CC(C)n1ncc(N)c1OCCC(=O)O. The number of anilines is 1. The van der Waals surface area contributed by atoms with Crippen LogP contribution in [-0.2, 0) is 4.79 Å². The van der Waals surface area contributed by atoms with Crippen LogP contribution in [0.2, 0.25) is 0 Å². The first-order valence-electron chi connectivity index (χ1n) is 4.70. The van der Waals surface area contributed by atoms with Gasteiger partial charge in [-0.1, -0.05) is 0 Å². The highest BCUT2D eigenvalue weighted by atomic mass is 16.5. The molecule has 1 aromatic heterocycles. The quantitative estimate of drug-likeness (QED) is 0.758. The van der Waals surface area contributed by atoms with Crippen LogP contribution in [0.15, 0.2) is 6.20 Å². The summed E-state index contributed by atoms with van der Waals surface area (Å²) in [5.74, 6) is -0.463. The summed E-state index contributed by atoms with van der Waals surface area (Å²) in [6.07, 6.45) is 1.44. The van der Waals surface area contributed by atoms with Crippen molar-refractivity contribution in [3.8, 4) is 5.88 Å². The molecule has 6 nitrogen and oxygen atoms in total. The average molecular weight is 213 g/mol. The molecule has 3 N–H and O–H groups in total. The van der Waals surface area contributed by atoms with E-state index >= 15 is 0 Å². The van der Waals surface area contributed by atoms with E-state index in [1.165, 1.54) is 6.20 Å². The molecule has 0 amide bonds. The van der Waals surface area contributed by atoms with Crippen LogP contribution in [0, 0.1) is 0 Å². The fourth-order valence-electron chi connectivity index (χ4n) is 1.12. The molecule has 0 aromatic carbocycles. The lowest BCUT2D eigenvalue weighted by Gasteiger charge is -2.11. The van der Waals surface area contributed by atoms with E-state index in [2.05, 4.69) is 5.10 Å². The van der Waals surface area contributed by atoms with Crippen molar-refractivity contribution < 1.29 is 14.6 Å². The molecule has 1 aromatic rings. The third-order valence-corrected chi connectivity index (χ3v) is 1.82. The van der Waals surface area contributed by atoms with Crippen LogP contribution < -0.4 is 10.5 Å². The summed E-state index contributed by atoms with van der Waals surface area (Å²) >= 11 is 0. The Balaban J connectivity index is 2.66. The monoisotopic (exact) mass is 213 g/mol. The molecule has 0 bridgehead atoms. The Hall–Kier alpha value is -1.72. The summed E-state index contributed by atoms with van der Waals surface area (Å²) in [6, 6.07) is 0.127. The summed E-state index contributed by atoms with van der Waals surface area (Å²) in [5.41, 5.74) is 6.07. The number of aliphatic carboxylic acids is 1.